The van der Waals surface area contributed by atoms with Crippen molar-refractivity contribution >= 4 is 35.2 Å². The molecule has 0 bridgehead atoms. The third-order valence-electron chi connectivity index (χ3n) is 3.86. The zero-order valence-corrected chi connectivity index (χ0v) is 17.3. The molecule has 27 heavy (non-hydrogen) atoms. The summed E-state index contributed by atoms with van der Waals surface area (Å²) in [6.45, 7) is 7.74. The molecule has 1 heterocycles. The SMILES string of the molecule is CCCC1=C(C(=O)OC(C)C)C(c2cc(Cl)c(OCC)c(Cl)c2)NC(=O)N1. The van der Waals surface area contributed by atoms with Crippen molar-refractivity contribution in [3.8, 4) is 5.75 Å². The number of amides is 2. The molecule has 6 nitrogen and oxygen atoms in total. The van der Waals surface area contributed by atoms with E-state index in [0.29, 0.717) is 45.7 Å². The molecule has 0 aliphatic carbocycles. The first-order valence-electron chi connectivity index (χ1n) is 8.91. The van der Waals surface area contributed by atoms with E-state index in [1.165, 1.54) is 0 Å². The number of ether oxygens (including phenoxy) is 2. The highest BCUT2D eigenvalue weighted by molar-refractivity contribution is 6.37. The number of benzene rings is 1. The Balaban J connectivity index is 2.55. The minimum absolute atomic E-state index is 0.293. The molecule has 2 N–H and O–H groups in total. The molecule has 2 amide bonds. The quantitative estimate of drug-likeness (QED) is 0.630. The number of nitrogens with one attached hydrogen (secondary N) is 2. The van der Waals surface area contributed by atoms with Crippen LogP contribution >= 0.6 is 23.2 Å². The molecule has 1 atom stereocenters. The van der Waals surface area contributed by atoms with Gasteiger partial charge in [0.1, 0.15) is 0 Å². The van der Waals surface area contributed by atoms with E-state index in [9.17, 15) is 9.59 Å². The molecule has 2 rings (SSSR count). The predicted octanol–water partition coefficient (Wildman–Crippen LogP) is 4.75. The molecule has 1 unspecified atom stereocenters. The number of carbonyl (C=O) groups is 2. The van der Waals surface area contributed by atoms with Gasteiger partial charge in [0, 0.05) is 5.70 Å². The van der Waals surface area contributed by atoms with Gasteiger partial charge in [0.15, 0.2) is 5.75 Å². The summed E-state index contributed by atoms with van der Waals surface area (Å²) >= 11 is 12.6. The minimum Gasteiger partial charge on any atom is -0.491 e. The van der Waals surface area contributed by atoms with E-state index < -0.39 is 18.0 Å². The van der Waals surface area contributed by atoms with Gasteiger partial charge in [-0.3, -0.25) is 0 Å². The molecular formula is C19H24Cl2N2O4. The van der Waals surface area contributed by atoms with Crippen LogP contribution in [0.5, 0.6) is 5.75 Å². The Kier molecular flexibility index (Phi) is 7.39. The summed E-state index contributed by atoms with van der Waals surface area (Å²) in [5.41, 5.74) is 1.46. The van der Waals surface area contributed by atoms with Gasteiger partial charge in [-0.1, -0.05) is 36.5 Å². The van der Waals surface area contributed by atoms with E-state index in [0.717, 1.165) is 6.42 Å². The van der Waals surface area contributed by atoms with Crippen LogP contribution in [-0.2, 0) is 9.53 Å². The highest BCUT2D eigenvalue weighted by Crippen LogP contribution is 2.38. The topological polar surface area (TPSA) is 76.7 Å². The predicted molar refractivity (Wildman–Crippen MR) is 105 cm³/mol. The maximum atomic E-state index is 12.8. The first kappa shape index (κ1) is 21.4. The number of hydrogen-bond acceptors (Lipinski definition) is 4. The van der Waals surface area contributed by atoms with Gasteiger partial charge in [-0.2, -0.15) is 0 Å². The fourth-order valence-corrected chi connectivity index (χ4v) is 3.48. The second kappa shape index (κ2) is 9.33. The smallest absolute Gasteiger partial charge is 0.338 e. The average Bonchev–Trinajstić information content (AvgIpc) is 2.57. The highest BCUT2D eigenvalue weighted by Gasteiger charge is 2.34. The van der Waals surface area contributed by atoms with E-state index in [-0.39, 0.29) is 6.10 Å². The summed E-state index contributed by atoms with van der Waals surface area (Å²) in [6.07, 6.45) is 0.995. The van der Waals surface area contributed by atoms with Crippen molar-refractivity contribution in [3.63, 3.8) is 0 Å². The third kappa shape index (κ3) is 5.08. The van der Waals surface area contributed by atoms with Gasteiger partial charge in [0.2, 0.25) is 0 Å². The van der Waals surface area contributed by atoms with Crippen LogP contribution in [0.4, 0.5) is 4.79 Å². The highest BCUT2D eigenvalue weighted by atomic mass is 35.5. The second-order valence-electron chi connectivity index (χ2n) is 6.37. The second-order valence-corrected chi connectivity index (χ2v) is 7.19. The summed E-state index contributed by atoms with van der Waals surface area (Å²) in [7, 11) is 0. The van der Waals surface area contributed by atoms with Crippen LogP contribution in [0.25, 0.3) is 0 Å². The van der Waals surface area contributed by atoms with E-state index in [2.05, 4.69) is 10.6 Å². The fourth-order valence-electron chi connectivity index (χ4n) is 2.86. The van der Waals surface area contributed by atoms with Gasteiger partial charge in [-0.15, -0.1) is 0 Å². The first-order valence-corrected chi connectivity index (χ1v) is 9.67. The van der Waals surface area contributed by atoms with Crippen LogP contribution in [0, 0.1) is 0 Å². The van der Waals surface area contributed by atoms with Crippen molar-refractivity contribution in [2.45, 2.75) is 52.7 Å². The van der Waals surface area contributed by atoms with Gasteiger partial charge in [0.25, 0.3) is 0 Å². The lowest BCUT2D eigenvalue weighted by Gasteiger charge is -2.30. The molecule has 0 radical (unpaired) electrons. The van der Waals surface area contributed by atoms with Crippen molar-refractivity contribution in [2.75, 3.05) is 6.61 Å². The van der Waals surface area contributed by atoms with E-state index in [1.807, 2.05) is 13.8 Å². The number of esters is 1. The Labute approximate surface area is 169 Å². The van der Waals surface area contributed by atoms with Crippen molar-refractivity contribution in [1.29, 1.82) is 0 Å². The van der Waals surface area contributed by atoms with Gasteiger partial charge in [0.05, 0.1) is 34.4 Å². The van der Waals surface area contributed by atoms with Gasteiger partial charge < -0.3 is 20.1 Å². The summed E-state index contributed by atoms with van der Waals surface area (Å²) in [6, 6.07) is 2.16. The number of hydrogen-bond donors (Lipinski definition) is 2. The Hall–Kier alpha value is -1.92. The molecule has 1 aromatic rings. The van der Waals surface area contributed by atoms with E-state index in [1.54, 1.807) is 26.0 Å². The standard InChI is InChI=1S/C19H24Cl2N2O4/c1-5-7-14-15(18(24)27-10(3)4)16(23-19(25)22-14)11-8-12(20)17(26-6-2)13(21)9-11/h8-10,16H,5-7H2,1-4H3,(H2,22,23,25). The fraction of sp³-hybridized carbons (Fsp3) is 0.474. The summed E-state index contributed by atoms with van der Waals surface area (Å²) in [5.74, 6) is -0.124. The first-order chi connectivity index (χ1) is 12.8. The number of rotatable bonds is 7. The molecule has 0 spiro atoms. The van der Waals surface area contributed by atoms with E-state index in [4.69, 9.17) is 32.7 Å². The molecule has 148 valence electrons. The zero-order chi connectivity index (χ0) is 20.1. The summed E-state index contributed by atoms with van der Waals surface area (Å²) < 4.78 is 10.8. The van der Waals surface area contributed by atoms with Crippen molar-refractivity contribution in [3.05, 3.63) is 39.0 Å². The lowest BCUT2D eigenvalue weighted by Crippen LogP contribution is -2.46. The van der Waals surface area contributed by atoms with Crippen LogP contribution < -0.4 is 15.4 Å². The number of halogens is 2. The molecule has 1 aromatic carbocycles. The zero-order valence-electron chi connectivity index (χ0n) is 15.8. The molecule has 0 saturated carbocycles. The molecule has 0 saturated heterocycles. The van der Waals surface area contributed by atoms with Crippen molar-refractivity contribution < 1.29 is 19.1 Å². The van der Waals surface area contributed by atoms with Crippen molar-refractivity contribution in [2.24, 2.45) is 0 Å². The van der Waals surface area contributed by atoms with Crippen LogP contribution in [-0.4, -0.2) is 24.7 Å². The molecular weight excluding hydrogens is 391 g/mol. The number of carbonyl (C=O) groups excluding carboxylic acids is 2. The molecule has 8 heteroatoms. The van der Waals surface area contributed by atoms with Gasteiger partial charge >= 0.3 is 12.0 Å². The molecule has 0 aromatic heterocycles. The molecule has 1 aliphatic heterocycles. The molecule has 1 aliphatic rings. The maximum Gasteiger partial charge on any atom is 0.338 e. The average molecular weight is 415 g/mol. The number of urea groups is 1. The van der Waals surface area contributed by atoms with Crippen LogP contribution in [0.1, 0.15) is 52.1 Å². The Morgan fingerprint density at radius 3 is 2.37 bits per heavy atom. The Morgan fingerprint density at radius 2 is 1.85 bits per heavy atom. The van der Waals surface area contributed by atoms with Crippen LogP contribution in [0.3, 0.4) is 0 Å². The van der Waals surface area contributed by atoms with Crippen LogP contribution in [0.2, 0.25) is 10.0 Å². The summed E-state index contributed by atoms with van der Waals surface area (Å²) in [5, 5.41) is 6.10. The van der Waals surface area contributed by atoms with Crippen LogP contribution in [0.15, 0.2) is 23.4 Å². The van der Waals surface area contributed by atoms with Gasteiger partial charge in [-0.05, 0) is 44.9 Å². The lowest BCUT2D eigenvalue weighted by molar-refractivity contribution is -0.143. The van der Waals surface area contributed by atoms with E-state index >= 15 is 0 Å². The maximum absolute atomic E-state index is 12.8. The lowest BCUT2D eigenvalue weighted by atomic mass is 9.93. The largest absolute Gasteiger partial charge is 0.491 e. The minimum atomic E-state index is -0.725. The third-order valence-corrected chi connectivity index (χ3v) is 4.42. The molecule has 0 fully saturated rings. The Bertz CT molecular complexity index is 739. The monoisotopic (exact) mass is 414 g/mol. The van der Waals surface area contributed by atoms with Gasteiger partial charge in [-0.25, -0.2) is 9.59 Å². The summed E-state index contributed by atoms with van der Waals surface area (Å²) in [4.78, 5) is 24.9. The van der Waals surface area contributed by atoms with Crippen molar-refractivity contribution in [1.82, 2.24) is 10.6 Å². The normalized spacial score (nSPS) is 16.9. The number of allylic oxidation sites excluding steroid dienone is 1. The Morgan fingerprint density at radius 1 is 1.22 bits per heavy atom.